The molecule has 14 heavy (non-hydrogen) atoms. The van der Waals surface area contributed by atoms with Gasteiger partial charge in [-0.25, -0.2) is 13.6 Å². The summed E-state index contributed by atoms with van der Waals surface area (Å²) in [5.41, 5.74) is -0.148. The van der Waals surface area contributed by atoms with Crippen LogP contribution in [0.15, 0.2) is 17.0 Å². The van der Waals surface area contributed by atoms with E-state index in [0.29, 0.717) is 6.29 Å². The molecule has 0 unspecified atom stereocenters. The van der Waals surface area contributed by atoms with Gasteiger partial charge in [0, 0.05) is 10.6 Å². The second kappa shape index (κ2) is 3.86. The van der Waals surface area contributed by atoms with E-state index in [4.69, 9.17) is 28.3 Å². The fourth-order valence-electron chi connectivity index (χ4n) is 0.968. The summed E-state index contributed by atoms with van der Waals surface area (Å²) in [6, 6.07) is 2.38. The highest BCUT2D eigenvalue weighted by Crippen LogP contribution is 2.27. The van der Waals surface area contributed by atoms with Gasteiger partial charge in [-0.15, -0.1) is 0 Å². The van der Waals surface area contributed by atoms with E-state index < -0.39 is 14.9 Å². The van der Waals surface area contributed by atoms with E-state index in [2.05, 4.69) is 0 Å². The number of carbonyl (C=O) groups excluding carboxylic acids is 1. The Morgan fingerprint density at radius 1 is 1.29 bits per heavy atom. The molecule has 0 amide bonds. The maximum atomic E-state index is 11.0. The van der Waals surface area contributed by atoms with Crippen molar-refractivity contribution < 1.29 is 13.2 Å². The zero-order valence-electron chi connectivity index (χ0n) is 6.70. The highest BCUT2D eigenvalue weighted by Gasteiger charge is 2.18. The zero-order chi connectivity index (χ0) is 10.9. The Bertz CT molecular complexity index is 484. The molecule has 2 N–H and O–H groups in total. The molecule has 0 saturated carbocycles. The van der Waals surface area contributed by atoms with Crippen LogP contribution in [0.3, 0.4) is 0 Å². The Morgan fingerprint density at radius 3 is 2.29 bits per heavy atom. The Morgan fingerprint density at radius 2 is 1.86 bits per heavy atom. The average molecular weight is 254 g/mol. The van der Waals surface area contributed by atoms with Crippen LogP contribution in [-0.2, 0) is 10.0 Å². The third-order valence-corrected chi connectivity index (χ3v) is 3.10. The highest BCUT2D eigenvalue weighted by molar-refractivity contribution is 7.89. The van der Waals surface area contributed by atoms with Gasteiger partial charge >= 0.3 is 0 Å². The molecular weight excluding hydrogens is 249 g/mol. The molecule has 7 heteroatoms. The third kappa shape index (κ3) is 2.24. The molecule has 1 aromatic carbocycles. The van der Waals surface area contributed by atoms with Crippen molar-refractivity contribution in [3.05, 3.63) is 27.7 Å². The van der Waals surface area contributed by atoms with Gasteiger partial charge in [0.2, 0.25) is 10.0 Å². The van der Waals surface area contributed by atoms with Gasteiger partial charge < -0.3 is 0 Å². The van der Waals surface area contributed by atoms with Gasteiger partial charge in [-0.1, -0.05) is 23.2 Å². The topological polar surface area (TPSA) is 77.2 Å². The van der Waals surface area contributed by atoms with Gasteiger partial charge in [0.05, 0.1) is 5.02 Å². The second-order valence-electron chi connectivity index (χ2n) is 2.47. The minimum absolute atomic E-state index is 0.148. The van der Waals surface area contributed by atoms with Gasteiger partial charge in [0.15, 0.2) is 6.29 Å². The number of sulfonamides is 1. The van der Waals surface area contributed by atoms with Crippen molar-refractivity contribution in [2.24, 2.45) is 5.14 Å². The Labute approximate surface area is 90.7 Å². The van der Waals surface area contributed by atoms with E-state index in [9.17, 15) is 13.2 Å². The summed E-state index contributed by atoms with van der Waals surface area (Å²) >= 11 is 11.2. The van der Waals surface area contributed by atoms with Crippen molar-refractivity contribution in [2.75, 3.05) is 0 Å². The normalized spacial score (nSPS) is 11.4. The maximum absolute atomic E-state index is 11.0. The summed E-state index contributed by atoms with van der Waals surface area (Å²) in [6.45, 7) is 0. The van der Waals surface area contributed by atoms with Crippen molar-refractivity contribution in [1.82, 2.24) is 0 Å². The lowest BCUT2D eigenvalue weighted by Crippen LogP contribution is -2.15. The molecule has 4 nitrogen and oxygen atoms in total. The molecule has 0 saturated heterocycles. The molecule has 0 aliphatic heterocycles. The fraction of sp³-hybridized carbons (Fsp3) is 0. The molecule has 0 aliphatic carbocycles. The van der Waals surface area contributed by atoms with E-state index >= 15 is 0 Å². The fourth-order valence-corrected chi connectivity index (χ4v) is 2.57. The SMILES string of the molecule is NS(=O)(=O)c1c(Cl)cc(Cl)cc1C=O. The van der Waals surface area contributed by atoms with E-state index in [1.807, 2.05) is 0 Å². The van der Waals surface area contributed by atoms with Crippen LogP contribution >= 0.6 is 23.2 Å². The number of benzene rings is 1. The quantitative estimate of drug-likeness (QED) is 0.811. The Hall–Kier alpha value is -0.620. The van der Waals surface area contributed by atoms with Crippen LogP contribution in [0.2, 0.25) is 10.0 Å². The number of aldehydes is 1. The first-order valence-electron chi connectivity index (χ1n) is 3.33. The lowest BCUT2D eigenvalue weighted by molar-refractivity contribution is 0.112. The molecule has 0 atom stereocenters. The second-order valence-corrected chi connectivity index (χ2v) is 4.81. The van der Waals surface area contributed by atoms with Crippen molar-refractivity contribution in [3.63, 3.8) is 0 Å². The molecule has 0 radical (unpaired) electrons. The first kappa shape index (κ1) is 11.5. The summed E-state index contributed by atoms with van der Waals surface area (Å²) in [4.78, 5) is 10.1. The number of hydrogen-bond donors (Lipinski definition) is 1. The minimum Gasteiger partial charge on any atom is -0.298 e. The first-order chi connectivity index (χ1) is 6.36. The average Bonchev–Trinajstić information content (AvgIpc) is 1.99. The molecule has 1 aromatic rings. The third-order valence-electron chi connectivity index (χ3n) is 1.45. The smallest absolute Gasteiger partial charge is 0.240 e. The van der Waals surface area contributed by atoms with Crippen LogP contribution in [0, 0.1) is 0 Å². The zero-order valence-corrected chi connectivity index (χ0v) is 9.03. The van der Waals surface area contributed by atoms with Crippen LogP contribution in [0.1, 0.15) is 10.4 Å². The number of hydrogen-bond acceptors (Lipinski definition) is 3. The van der Waals surface area contributed by atoms with Gasteiger partial charge in [0.25, 0.3) is 0 Å². The number of rotatable bonds is 2. The Kier molecular flexibility index (Phi) is 3.16. The van der Waals surface area contributed by atoms with Crippen LogP contribution in [0.25, 0.3) is 0 Å². The number of carbonyl (C=O) groups is 1. The summed E-state index contributed by atoms with van der Waals surface area (Å²) in [6.07, 6.45) is 0.331. The molecule has 0 heterocycles. The predicted molar refractivity (Wildman–Crippen MR) is 53.2 cm³/mol. The summed E-state index contributed by atoms with van der Waals surface area (Å²) < 4.78 is 22.1. The number of primary sulfonamides is 1. The van der Waals surface area contributed by atoms with Crippen LogP contribution in [0.5, 0.6) is 0 Å². The van der Waals surface area contributed by atoms with Gasteiger partial charge in [-0.2, -0.15) is 0 Å². The molecule has 0 bridgehead atoms. The van der Waals surface area contributed by atoms with E-state index in [1.165, 1.54) is 12.1 Å². The highest BCUT2D eigenvalue weighted by atomic mass is 35.5. The maximum Gasteiger partial charge on any atom is 0.240 e. The Balaban J connectivity index is 3.65. The molecular formula is C7H5Cl2NO3S. The lowest BCUT2D eigenvalue weighted by atomic mass is 10.2. The largest absolute Gasteiger partial charge is 0.298 e. The van der Waals surface area contributed by atoms with Crippen LogP contribution < -0.4 is 5.14 Å². The monoisotopic (exact) mass is 253 g/mol. The molecule has 76 valence electrons. The summed E-state index contributed by atoms with van der Waals surface area (Å²) in [5, 5.41) is 4.88. The van der Waals surface area contributed by atoms with Gasteiger partial charge in [-0.3, -0.25) is 4.79 Å². The number of halogens is 2. The predicted octanol–water partition coefficient (Wildman–Crippen LogP) is 1.45. The van der Waals surface area contributed by atoms with E-state index in [-0.39, 0.29) is 15.6 Å². The standard InChI is InChI=1S/C7H5Cl2NO3S/c8-5-1-4(3-11)7(6(9)2-5)14(10,12)13/h1-3H,(H2,10,12,13). The molecule has 0 spiro atoms. The van der Waals surface area contributed by atoms with Crippen molar-refractivity contribution >= 4 is 39.5 Å². The number of nitrogens with two attached hydrogens (primary N) is 1. The minimum atomic E-state index is -4.01. The van der Waals surface area contributed by atoms with E-state index in [0.717, 1.165) is 0 Å². The summed E-state index contributed by atoms with van der Waals surface area (Å²) in [5.74, 6) is 0. The van der Waals surface area contributed by atoms with Gasteiger partial charge in [0.1, 0.15) is 4.90 Å². The molecule has 0 aromatic heterocycles. The van der Waals surface area contributed by atoms with Crippen molar-refractivity contribution in [2.45, 2.75) is 4.90 Å². The molecule has 1 rings (SSSR count). The van der Waals surface area contributed by atoms with Gasteiger partial charge in [-0.05, 0) is 12.1 Å². The van der Waals surface area contributed by atoms with Crippen LogP contribution in [0.4, 0.5) is 0 Å². The van der Waals surface area contributed by atoms with Crippen LogP contribution in [-0.4, -0.2) is 14.7 Å². The summed E-state index contributed by atoms with van der Waals surface area (Å²) in [7, 11) is -4.01. The van der Waals surface area contributed by atoms with Crippen molar-refractivity contribution in [1.29, 1.82) is 0 Å². The van der Waals surface area contributed by atoms with Crippen molar-refractivity contribution in [3.8, 4) is 0 Å². The van der Waals surface area contributed by atoms with E-state index in [1.54, 1.807) is 0 Å². The first-order valence-corrected chi connectivity index (χ1v) is 5.63. The molecule has 0 aliphatic rings. The lowest BCUT2D eigenvalue weighted by Gasteiger charge is -2.04. The molecule has 0 fully saturated rings.